The summed E-state index contributed by atoms with van der Waals surface area (Å²) < 4.78 is 0. The molecule has 0 spiro atoms. The van der Waals surface area contributed by atoms with Gasteiger partial charge < -0.3 is 0 Å². The Kier molecular flexibility index (Phi) is 9.35. The Hall–Kier alpha value is 0.700. The van der Waals surface area contributed by atoms with Gasteiger partial charge in [-0.3, -0.25) is 0 Å². The minimum Gasteiger partial charge on any atom is -0.179 e. The quantitative estimate of drug-likeness (QED) is 0.476. The maximum absolute atomic E-state index is 4.25. The van der Waals surface area contributed by atoms with Crippen molar-refractivity contribution in [2.24, 2.45) is 5.92 Å². The van der Waals surface area contributed by atoms with Gasteiger partial charge in [-0.2, -0.15) is 24.4 Å². The summed E-state index contributed by atoms with van der Waals surface area (Å²) in [6.45, 7) is 4.51. The van der Waals surface area contributed by atoms with Gasteiger partial charge in [0, 0.05) is 0 Å². The normalized spacial score (nSPS) is 13.4. The van der Waals surface area contributed by atoms with Crippen LogP contribution >= 0.6 is 24.4 Å². The predicted molar refractivity (Wildman–Crippen MR) is 59.9 cm³/mol. The van der Waals surface area contributed by atoms with Crippen molar-refractivity contribution in [3.05, 3.63) is 0 Å². The summed E-state index contributed by atoms with van der Waals surface area (Å²) in [5.41, 5.74) is 0. The van der Waals surface area contributed by atoms with E-state index in [4.69, 9.17) is 0 Å². The van der Waals surface area contributed by atoms with Crippen molar-refractivity contribution >= 4 is 24.4 Å². The Labute approximate surface area is 80.9 Å². The average Bonchev–Trinajstić information content (AvgIpc) is 2.04. The highest BCUT2D eigenvalue weighted by atomic mass is 32.2. The Morgan fingerprint density at radius 1 is 1.36 bits per heavy atom. The van der Waals surface area contributed by atoms with E-state index in [9.17, 15) is 0 Å². The van der Waals surface area contributed by atoms with Gasteiger partial charge in [-0.05, 0) is 29.6 Å². The van der Waals surface area contributed by atoms with Crippen LogP contribution in [0.2, 0.25) is 0 Å². The van der Waals surface area contributed by atoms with E-state index in [0.717, 1.165) is 11.7 Å². The zero-order valence-electron chi connectivity index (χ0n) is 7.68. The summed E-state index contributed by atoms with van der Waals surface area (Å²) in [5, 5.41) is 0. The summed E-state index contributed by atoms with van der Waals surface area (Å²) >= 11 is 6.32. The van der Waals surface area contributed by atoms with E-state index in [0.29, 0.717) is 0 Å². The van der Waals surface area contributed by atoms with Crippen molar-refractivity contribution in [2.45, 2.75) is 33.1 Å². The first-order valence-electron chi connectivity index (χ1n) is 4.49. The topological polar surface area (TPSA) is 0 Å². The molecule has 1 atom stereocenters. The van der Waals surface area contributed by atoms with E-state index in [1.54, 1.807) is 0 Å². The van der Waals surface area contributed by atoms with Crippen LogP contribution in [0.5, 0.6) is 0 Å². The fourth-order valence-electron chi connectivity index (χ4n) is 0.791. The largest absolute Gasteiger partial charge is 0.179 e. The Balaban J connectivity index is 2.89. The molecule has 0 bridgehead atoms. The molecule has 0 amide bonds. The van der Waals surface area contributed by atoms with Gasteiger partial charge in [-0.1, -0.05) is 26.7 Å². The molecular formula is C9H20S2. The van der Waals surface area contributed by atoms with Gasteiger partial charge in [0.05, 0.1) is 0 Å². The number of hydrogen-bond donors (Lipinski definition) is 1. The molecule has 0 aliphatic heterocycles. The SMILES string of the molecule is CCCCCSCC(C)CS. The summed E-state index contributed by atoms with van der Waals surface area (Å²) in [7, 11) is 0. The van der Waals surface area contributed by atoms with Crippen LogP contribution < -0.4 is 0 Å². The summed E-state index contributed by atoms with van der Waals surface area (Å²) in [5.74, 6) is 4.44. The number of hydrogen-bond acceptors (Lipinski definition) is 2. The van der Waals surface area contributed by atoms with Crippen LogP contribution in [0, 0.1) is 5.92 Å². The fraction of sp³-hybridized carbons (Fsp3) is 1.00. The van der Waals surface area contributed by atoms with Crippen molar-refractivity contribution in [1.82, 2.24) is 0 Å². The molecular weight excluding hydrogens is 172 g/mol. The minimum absolute atomic E-state index is 0.782. The molecule has 0 saturated heterocycles. The van der Waals surface area contributed by atoms with Crippen LogP contribution in [0.1, 0.15) is 33.1 Å². The lowest BCUT2D eigenvalue weighted by Gasteiger charge is -2.06. The fourth-order valence-corrected chi connectivity index (χ4v) is 2.19. The first kappa shape index (κ1) is 11.7. The Morgan fingerprint density at radius 3 is 2.64 bits per heavy atom. The van der Waals surface area contributed by atoms with E-state index >= 15 is 0 Å². The van der Waals surface area contributed by atoms with Crippen LogP contribution in [0.4, 0.5) is 0 Å². The zero-order chi connectivity index (χ0) is 8.53. The third-order valence-electron chi connectivity index (χ3n) is 1.61. The second-order valence-corrected chi connectivity index (χ2v) is 4.58. The molecule has 1 unspecified atom stereocenters. The molecule has 0 aromatic heterocycles. The molecule has 2 heteroatoms. The Morgan fingerprint density at radius 2 is 2.09 bits per heavy atom. The Bertz CT molecular complexity index is 74.0. The van der Waals surface area contributed by atoms with Crippen LogP contribution in [0.3, 0.4) is 0 Å². The highest BCUT2D eigenvalue weighted by Crippen LogP contribution is 2.11. The monoisotopic (exact) mass is 192 g/mol. The molecule has 68 valence electrons. The average molecular weight is 192 g/mol. The summed E-state index contributed by atoms with van der Waals surface area (Å²) in [6.07, 6.45) is 4.12. The number of thioether (sulfide) groups is 1. The molecule has 0 aromatic rings. The molecule has 0 fully saturated rings. The first-order chi connectivity index (χ1) is 5.31. The molecule has 0 aromatic carbocycles. The van der Waals surface area contributed by atoms with E-state index in [1.165, 1.54) is 30.8 Å². The number of thiol groups is 1. The maximum Gasteiger partial charge on any atom is -0.00340 e. The summed E-state index contributed by atoms with van der Waals surface area (Å²) in [4.78, 5) is 0. The second kappa shape index (κ2) is 8.79. The lowest BCUT2D eigenvalue weighted by Crippen LogP contribution is -1.99. The molecule has 0 rings (SSSR count). The molecule has 11 heavy (non-hydrogen) atoms. The van der Waals surface area contributed by atoms with Crippen LogP contribution in [-0.4, -0.2) is 17.3 Å². The lowest BCUT2D eigenvalue weighted by atomic mass is 10.3. The molecule has 0 aliphatic rings. The third-order valence-corrected chi connectivity index (χ3v) is 3.61. The summed E-state index contributed by atoms with van der Waals surface area (Å²) in [6, 6.07) is 0. The van der Waals surface area contributed by atoms with E-state index in [1.807, 2.05) is 0 Å². The van der Waals surface area contributed by atoms with E-state index in [-0.39, 0.29) is 0 Å². The van der Waals surface area contributed by atoms with Gasteiger partial charge in [-0.15, -0.1) is 0 Å². The van der Waals surface area contributed by atoms with Crippen molar-refractivity contribution in [3.63, 3.8) is 0 Å². The molecule has 0 aliphatic carbocycles. The van der Waals surface area contributed by atoms with Gasteiger partial charge >= 0.3 is 0 Å². The highest BCUT2D eigenvalue weighted by Gasteiger charge is 1.97. The van der Waals surface area contributed by atoms with Crippen molar-refractivity contribution in [1.29, 1.82) is 0 Å². The van der Waals surface area contributed by atoms with Crippen LogP contribution in [0.15, 0.2) is 0 Å². The predicted octanol–water partition coefficient (Wildman–Crippen LogP) is 3.48. The molecule has 0 saturated carbocycles. The maximum atomic E-state index is 4.25. The first-order valence-corrected chi connectivity index (χ1v) is 6.28. The van der Waals surface area contributed by atoms with E-state index < -0.39 is 0 Å². The third kappa shape index (κ3) is 8.61. The van der Waals surface area contributed by atoms with Gasteiger partial charge in [0.15, 0.2) is 0 Å². The van der Waals surface area contributed by atoms with Gasteiger partial charge in [0.1, 0.15) is 0 Å². The van der Waals surface area contributed by atoms with Crippen LogP contribution in [0.25, 0.3) is 0 Å². The number of rotatable bonds is 7. The zero-order valence-corrected chi connectivity index (χ0v) is 9.39. The molecule has 0 radical (unpaired) electrons. The number of unbranched alkanes of at least 4 members (excludes halogenated alkanes) is 2. The van der Waals surface area contributed by atoms with Gasteiger partial charge in [-0.25, -0.2) is 0 Å². The molecule has 0 nitrogen and oxygen atoms in total. The lowest BCUT2D eigenvalue weighted by molar-refractivity contribution is 0.757. The minimum atomic E-state index is 0.782. The molecule has 0 N–H and O–H groups in total. The van der Waals surface area contributed by atoms with Crippen molar-refractivity contribution in [3.8, 4) is 0 Å². The van der Waals surface area contributed by atoms with Crippen molar-refractivity contribution in [2.75, 3.05) is 17.3 Å². The molecule has 0 heterocycles. The van der Waals surface area contributed by atoms with Gasteiger partial charge in [0.2, 0.25) is 0 Å². The van der Waals surface area contributed by atoms with E-state index in [2.05, 4.69) is 38.2 Å². The van der Waals surface area contributed by atoms with Gasteiger partial charge in [0.25, 0.3) is 0 Å². The standard InChI is InChI=1S/C9H20S2/c1-3-4-5-6-11-8-9(2)7-10/h9-10H,3-8H2,1-2H3. The van der Waals surface area contributed by atoms with Crippen LogP contribution in [-0.2, 0) is 0 Å². The highest BCUT2D eigenvalue weighted by molar-refractivity contribution is 7.99. The smallest absolute Gasteiger partial charge is 0.00340 e. The van der Waals surface area contributed by atoms with Crippen molar-refractivity contribution < 1.29 is 0 Å². The second-order valence-electron chi connectivity index (χ2n) is 3.07.